The van der Waals surface area contributed by atoms with Crippen molar-refractivity contribution in [1.29, 1.82) is 0 Å². The summed E-state index contributed by atoms with van der Waals surface area (Å²) >= 11 is 5.55. The highest BCUT2D eigenvalue weighted by molar-refractivity contribution is 9.10. The summed E-state index contributed by atoms with van der Waals surface area (Å²) in [5, 5.41) is 5.26. The molecule has 0 radical (unpaired) electrons. The monoisotopic (exact) mass is 626 g/mol. The molecule has 10 rings (SSSR count). The Morgan fingerprint density at radius 3 is 1.91 bits per heavy atom. The zero-order valence-corrected chi connectivity index (χ0v) is 25.5. The first-order valence-electron chi connectivity index (χ1n) is 14.7. The molecule has 0 fully saturated rings. The van der Waals surface area contributed by atoms with Crippen molar-refractivity contribution >= 4 is 58.2 Å². The smallest absolute Gasteiger partial charge is 0.0731 e. The number of benzene rings is 7. The van der Waals surface area contributed by atoms with Gasteiger partial charge in [-0.1, -0.05) is 119 Å². The second-order valence-corrected chi connectivity index (χ2v) is 13.8. The predicted molar refractivity (Wildman–Crippen MR) is 186 cm³/mol. The van der Waals surface area contributed by atoms with Gasteiger partial charge < -0.3 is 0 Å². The molecular weight excluding hydrogens is 604 g/mol. The van der Waals surface area contributed by atoms with Gasteiger partial charge in [-0.2, -0.15) is 0 Å². The van der Waals surface area contributed by atoms with Gasteiger partial charge in [0.25, 0.3) is 0 Å². The van der Waals surface area contributed by atoms with Crippen LogP contribution in [0.4, 0.5) is 0 Å². The van der Waals surface area contributed by atoms with Crippen LogP contribution in [0.3, 0.4) is 0 Å². The van der Waals surface area contributed by atoms with Gasteiger partial charge in [-0.15, -0.1) is 11.3 Å². The highest BCUT2D eigenvalue weighted by atomic mass is 79.9. The Morgan fingerprint density at radius 2 is 1.07 bits per heavy atom. The van der Waals surface area contributed by atoms with Crippen molar-refractivity contribution in [2.24, 2.45) is 0 Å². The number of thiophene rings is 1. The molecule has 0 saturated heterocycles. The summed E-state index contributed by atoms with van der Waals surface area (Å²) in [7, 11) is 0. The first-order valence-corrected chi connectivity index (χ1v) is 16.3. The van der Waals surface area contributed by atoms with Gasteiger partial charge in [0.2, 0.25) is 0 Å². The maximum Gasteiger partial charge on any atom is 0.0731 e. The summed E-state index contributed by atoms with van der Waals surface area (Å²) in [5.41, 5.74) is 13.1. The molecule has 2 aliphatic carbocycles. The molecule has 1 spiro atoms. The normalized spacial score (nSPS) is 16.1. The Bertz CT molecular complexity index is 2480. The molecule has 8 aromatic rings. The maximum atomic E-state index is 3.69. The van der Waals surface area contributed by atoms with E-state index in [-0.39, 0.29) is 5.41 Å². The van der Waals surface area contributed by atoms with Crippen molar-refractivity contribution < 1.29 is 0 Å². The average Bonchev–Trinajstić information content (AvgIpc) is 3.68. The van der Waals surface area contributed by atoms with Crippen LogP contribution in [0.2, 0.25) is 0 Å². The second kappa shape index (κ2) is 8.54. The Balaban J connectivity index is 1.27. The molecule has 200 valence electrons. The van der Waals surface area contributed by atoms with Crippen molar-refractivity contribution in [3.8, 4) is 33.4 Å². The summed E-state index contributed by atoms with van der Waals surface area (Å²) in [5.74, 6) is 0. The molecule has 0 aliphatic heterocycles. The van der Waals surface area contributed by atoms with Gasteiger partial charge >= 0.3 is 0 Å². The molecule has 2 aliphatic rings. The summed E-state index contributed by atoms with van der Waals surface area (Å²) in [6, 6.07) is 52.5. The van der Waals surface area contributed by atoms with Gasteiger partial charge in [-0.05, 0) is 103 Å². The molecule has 43 heavy (non-hydrogen) atoms. The predicted octanol–water partition coefficient (Wildman–Crippen LogP) is 12.0. The Kier molecular flexibility index (Phi) is 4.76. The quantitative estimate of drug-likeness (QED) is 0.170. The van der Waals surface area contributed by atoms with E-state index in [4.69, 9.17) is 0 Å². The van der Waals surface area contributed by atoms with E-state index in [0.717, 1.165) is 4.47 Å². The highest BCUT2D eigenvalue weighted by Gasteiger charge is 2.52. The van der Waals surface area contributed by atoms with Crippen molar-refractivity contribution in [1.82, 2.24) is 0 Å². The molecule has 0 nitrogen and oxygen atoms in total. The molecule has 1 heterocycles. The summed E-state index contributed by atoms with van der Waals surface area (Å²) in [6.45, 7) is 0. The Labute approximate surface area is 262 Å². The summed E-state index contributed by atoms with van der Waals surface area (Å²) in [4.78, 5) is 0. The van der Waals surface area contributed by atoms with E-state index in [1.54, 1.807) is 0 Å². The first kappa shape index (κ1) is 24.0. The van der Waals surface area contributed by atoms with Crippen LogP contribution in [0.5, 0.6) is 0 Å². The van der Waals surface area contributed by atoms with Crippen molar-refractivity contribution in [3.05, 3.63) is 166 Å². The van der Waals surface area contributed by atoms with Gasteiger partial charge in [-0.3, -0.25) is 0 Å². The zero-order chi connectivity index (χ0) is 28.3. The van der Waals surface area contributed by atoms with Crippen LogP contribution >= 0.6 is 27.3 Å². The minimum Gasteiger partial charge on any atom is -0.135 e. The van der Waals surface area contributed by atoms with Crippen LogP contribution in [0.25, 0.3) is 64.3 Å². The highest BCUT2D eigenvalue weighted by Crippen LogP contribution is 2.64. The number of halogens is 1. The third-order valence-corrected chi connectivity index (χ3v) is 11.4. The lowest BCUT2D eigenvalue weighted by atomic mass is 9.69. The third kappa shape index (κ3) is 3.05. The second-order valence-electron chi connectivity index (χ2n) is 11.8. The first-order chi connectivity index (χ1) is 21.2. The Morgan fingerprint density at radius 1 is 0.442 bits per heavy atom. The van der Waals surface area contributed by atoms with Crippen LogP contribution in [-0.2, 0) is 5.41 Å². The largest absolute Gasteiger partial charge is 0.135 e. The molecule has 0 N–H and O–H groups in total. The average molecular weight is 628 g/mol. The topological polar surface area (TPSA) is 0 Å². The van der Waals surface area contributed by atoms with Gasteiger partial charge in [-0.25, -0.2) is 0 Å². The van der Waals surface area contributed by atoms with E-state index < -0.39 is 0 Å². The summed E-state index contributed by atoms with van der Waals surface area (Å²) < 4.78 is 3.77. The van der Waals surface area contributed by atoms with E-state index in [1.807, 2.05) is 11.3 Å². The molecule has 7 aromatic carbocycles. The molecule has 0 amide bonds. The summed E-state index contributed by atoms with van der Waals surface area (Å²) in [6.07, 6.45) is 0. The molecular formula is C41H23BrS. The van der Waals surface area contributed by atoms with Crippen molar-refractivity contribution in [2.45, 2.75) is 5.41 Å². The number of rotatable bonds is 1. The molecule has 2 heteroatoms. The van der Waals surface area contributed by atoms with E-state index in [9.17, 15) is 0 Å². The van der Waals surface area contributed by atoms with Gasteiger partial charge in [0.05, 0.1) is 5.41 Å². The van der Waals surface area contributed by atoms with Gasteiger partial charge in [0.15, 0.2) is 0 Å². The van der Waals surface area contributed by atoms with Gasteiger partial charge in [0.1, 0.15) is 0 Å². The molecule has 1 unspecified atom stereocenters. The fourth-order valence-electron chi connectivity index (χ4n) is 8.03. The van der Waals surface area contributed by atoms with Crippen LogP contribution in [-0.4, -0.2) is 0 Å². The van der Waals surface area contributed by atoms with Crippen LogP contribution in [0.15, 0.2) is 144 Å². The van der Waals surface area contributed by atoms with Crippen LogP contribution < -0.4 is 0 Å². The number of fused-ring (bicyclic) bond motifs is 15. The van der Waals surface area contributed by atoms with Gasteiger partial charge in [0, 0.05) is 24.6 Å². The van der Waals surface area contributed by atoms with Crippen LogP contribution in [0, 0.1) is 0 Å². The molecule has 0 saturated carbocycles. The fourth-order valence-corrected chi connectivity index (χ4v) is 9.46. The lowest BCUT2D eigenvalue weighted by Gasteiger charge is -2.31. The maximum absolute atomic E-state index is 3.69. The molecule has 1 aromatic heterocycles. The number of hydrogen-bond donors (Lipinski definition) is 0. The van der Waals surface area contributed by atoms with Crippen LogP contribution in [0.1, 0.15) is 22.3 Å². The zero-order valence-electron chi connectivity index (χ0n) is 23.1. The lowest BCUT2D eigenvalue weighted by Crippen LogP contribution is -2.26. The van der Waals surface area contributed by atoms with Crippen molar-refractivity contribution in [2.75, 3.05) is 0 Å². The fraction of sp³-hybridized carbons (Fsp3) is 0.0244. The molecule has 0 bridgehead atoms. The van der Waals surface area contributed by atoms with E-state index >= 15 is 0 Å². The SMILES string of the molecule is Brc1ccc2sc3ccc(-c4ccc5c(c4)-c4ccccc4C54c5ccccc5-c5ccc6ccccc6c54)cc3c2c1. The third-order valence-electron chi connectivity index (χ3n) is 9.73. The van der Waals surface area contributed by atoms with E-state index in [2.05, 4.69) is 155 Å². The standard InChI is InChI=1S/C41H23BrS/c42-27-16-20-39-34(23-27)33-22-26(15-19-38(33)43-39)25-14-18-37-32(21-25)30-10-4-6-12-36(30)41(37)35-11-5-3-9-29(35)31-17-13-24-7-1-2-8-28(24)40(31)41/h1-23H. The van der Waals surface area contributed by atoms with E-state index in [1.165, 1.54) is 86.6 Å². The lowest BCUT2D eigenvalue weighted by molar-refractivity contribution is 0.801. The molecule has 1 atom stereocenters. The Hall–Kier alpha value is -4.50. The minimum atomic E-state index is -0.350. The van der Waals surface area contributed by atoms with E-state index in [0.29, 0.717) is 0 Å². The minimum absolute atomic E-state index is 0.350. The number of hydrogen-bond acceptors (Lipinski definition) is 1. The van der Waals surface area contributed by atoms with Crippen molar-refractivity contribution in [3.63, 3.8) is 0 Å².